The molecule has 0 aromatic heterocycles. The third-order valence-corrected chi connectivity index (χ3v) is 4.96. The van der Waals surface area contributed by atoms with Crippen LogP contribution in [0.4, 0.5) is 0 Å². The van der Waals surface area contributed by atoms with Crippen molar-refractivity contribution in [2.45, 2.75) is 17.7 Å². The van der Waals surface area contributed by atoms with Gasteiger partial charge in [0.2, 0.25) is 0 Å². The first kappa shape index (κ1) is 14.1. The van der Waals surface area contributed by atoms with E-state index in [1.807, 2.05) is 30.3 Å². The Morgan fingerprint density at radius 1 is 0.895 bits per heavy atom. The first-order valence-electron chi connectivity index (χ1n) is 6.10. The molecule has 0 unspecified atom stereocenters. The highest BCUT2D eigenvalue weighted by Gasteiger charge is 2.13. The number of rotatable bonds is 5. The van der Waals surface area contributed by atoms with E-state index in [-0.39, 0.29) is 5.75 Å². The molecule has 0 saturated heterocycles. The van der Waals surface area contributed by atoms with Gasteiger partial charge in [-0.05, 0) is 42.7 Å². The fraction of sp³-hybridized carbons (Fsp3) is 0.200. The molecule has 2 nitrogen and oxygen atoms in total. The molecule has 0 aliphatic carbocycles. The van der Waals surface area contributed by atoms with Gasteiger partial charge in [0.05, 0.1) is 10.6 Å². The molecule has 2 aromatic carbocycles. The highest BCUT2D eigenvalue weighted by Crippen LogP contribution is 2.16. The van der Waals surface area contributed by atoms with Gasteiger partial charge >= 0.3 is 0 Å². The second kappa shape index (κ2) is 6.22. The third-order valence-electron chi connectivity index (χ3n) is 2.89. The van der Waals surface area contributed by atoms with Crippen molar-refractivity contribution in [3.63, 3.8) is 0 Å². The van der Waals surface area contributed by atoms with E-state index in [0.717, 1.165) is 12.0 Å². The average molecular weight is 295 g/mol. The fourth-order valence-corrected chi connectivity index (χ4v) is 3.31. The van der Waals surface area contributed by atoms with E-state index in [1.54, 1.807) is 24.3 Å². The highest BCUT2D eigenvalue weighted by atomic mass is 35.5. The van der Waals surface area contributed by atoms with Crippen molar-refractivity contribution < 1.29 is 8.42 Å². The van der Waals surface area contributed by atoms with Gasteiger partial charge in [0.1, 0.15) is 0 Å². The molecule has 0 aliphatic rings. The van der Waals surface area contributed by atoms with E-state index in [1.165, 1.54) is 0 Å². The second-order valence-electron chi connectivity index (χ2n) is 4.36. The monoisotopic (exact) mass is 294 g/mol. The summed E-state index contributed by atoms with van der Waals surface area (Å²) < 4.78 is 24.2. The molecule has 2 aromatic rings. The maximum Gasteiger partial charge on any atom is 0.178 e. The van der Waals surface area contributed by atoms with Crippen molar-refractivity contribution in [3.05, 3.63) is 65.2 Å². The van der Waals surface area contributed by atoms with Crippen LogP contribution in [0.15, 0.2) is 59.5 Å². The van der Waals surface area contributed by atoms with Crippen LogP contribution in [0.25, 0.3) is 0 Å². The number of aryl methyl sites for hydroxylation is 1. The Balaban J connectivity index is 1.97. The zero-order valence-corrected chi connectivity index (χ0v) is 12.0. The lowest BCUT2D eigenvalue weighted by atomic mass is 10.1. The predicted octanol–water partition coefficient (Wildman–Crippen LogP) is 3.75. The van der Waals surface area contributed by atoms with Gasteiger partial charge in [-0.25, -0.2) is 8.42 Å². The summed E-state index contributed by atoms with van der Waals surface area (Å²) in [5.74, 6) is 0.156. The van der Waals surface area contributed by atoms with Crippen LogP contribution in [0.5, 0.6) is 0 Å². The lowest BCUT2D eigenvalue weighted by Gasteiger charge is -2.05. The SMILES string of the molecule is O=S(=O)(CCCc1ccccc1)c1ccc(Cl)cc1. The summed E-state index contributed by atoms with van der Waals surface area (Å²) >= 11 is 5.75. The first-order valence-corrected chi connectivity index (χ1v) is 8.13. The Kier molecular flexibility index (Phi) is 4.61. The minimum Gasteiger partial charge on any atom is -0.224 e. The molecule has 0 fully saturated rings. The van der Waals surface area contributed by atoms with Crippen LogP contribution in [0.2, 0.25) is 5.02 Å². The Morgan fingerprint density at radius 2 is 1.53 bits per heavy atom. The van der Waals surface area contributed by atoms with Crippen molar-refractivity contribution >= 4 is 21.4 Å². The molecule has 0 heterocycles. The molecule has 19 heavy (non-hydrogen) atoms. The summed E-state index contributed by atoms with van der Waals surface area (Å²) in [6.07, 6.45) is 1.39. The summed E-state index contributed by atoms with van der Waals surface area (Å²) in [5, 5.41) is 0.545. The van der Waals surface area contributed by atoms with Crippen molar-refractivity contribution in [1.82, 2.24) is 0 Å². The van der Waals surface area contributed by atoms with Gasteiger partial charge < -0.3 is 0 Å². The number of benzene rings is 2. The van der Waals surface area contributed by atoms with E-state index < -0.39 is 9.84 Å². The maximum absolute atomic E-state index is 12.1. The van der Waals surface area contributed by atoms with Crippen LogP contribution in [0.3, 0.4) is 0 Å². The van der Waals surface area contributed by atoms with Crippen LogP contribution in [0, 0.1) is 0 Å². The maximum atomic E-state index is 12.1. The number of halogens is 1. The Bertz CT molecular complexity index is 619. The van der Waals surface area contributed by atoms with Crippen LogP contribution >= 0.6 is 11.6 Å². The van der Waals surface area contributed by atoms with Crippen LogP contribution < -0.4 is 0 Å². The molecular weight excluding hydrogens is 280 g/mol. The van der Waals surface area contributed by atoms with Gasteiger partial charge in [0, 0.05) is 5.02 Å². The summed E-state index contributed by atoms with van der Waals surface area (Å²) in [6, 6.07) is 16.2. The molecule has 0 radical (unpaired) electrons. The summed E-state index contributed by atoms with van der Waals surface area (Å²) in [7, 11) is -3.21. The zero-order valence-electron chi connectivity index (χ0n) is 10.4. The molecule has 0 amide bonds. The van der Waals surface area contributed by atoms with E-state index >= 15 is 0 Å². The Hall–Kier alpha value is -1.32. The molecular formula is C15H15ClO2S. The highest BCUT2D eigenvalue weighted by molar-refractivity contribution is 7.91. The van der Waals surface area contributed by atoms with Crippen molar-refractivity contribution in [2.24, 2.45) is 0 Å². The van der Waals surface area contributed by atoms with E-state index in [2.05, 4.69) is 0 Å². The molecule has 2 rings (SSSR count). The Morgan fingerprint density at radius 3 is 2.16 bits per heavy atom. The Labute approximate surface area is 119 Å². The molecule has 0 spiro atoms. The van der Waals surface area contributed by atoms with Gasteiger partial charge in [0.25, 0.3) is 0 Å². The topological polar surface area (TPSA) is 34.1 Å². The van der Waals surface area contributed by atoms with E-state index in [4.69, 9.17) is 11.6 Å². The number of sulfone groups is 1. The fourth-order valence-electron chi connectivity index (χ4n) is 1.87. The predicted molar refractivity (Wildman–Crippen MR) is 78.3 cm³/mol. The zero-order chi connectivity index (χ0) is 13.7. The van der Waals surface area contributed by atoms with Gasteiger partial charge in [-0.2, -0.15) is 0 Å². The minimum absolute atomic E-state index is 0.156. The molecule has 0 aliphatic heterocycles. The second-order valence-corrected chi connectivity index (χ2v) is 6.91. The standard InChI is InChI=1S/C15H15ClO2S/c16-14-8-10-15(11-9-14)19(17,18)12-4-7-13-5-2-1-3-6-13/h1-3,5-6,8-11H,4,7,12H2. The summed E-state index contributed by atoms with van der Waals surface area (Å²) in [6.45, 7) is 0. The van der Waals surface area contributed by atoms with Crippen molar-refractivity contribution in [1.29, 1.82) is 0 Å². The largest absolute Gasteiger partial charge is 0.224 e. The summed E-state index contributed by atoms with van der Waals surface area (Å²) in [5.41, 5.74) is 1.16. The number of hydrogen-bond donors (Lipinski definition) is 0. The van der Waals surface area contributed by atoms with Gasteiger partial charge in [-0.3, -0.25) is 0 Å². The summed E-state index contributed by atoms with van der Waals surface area (Å²) in [4.78, 5) is 0.338. The van der Waals surface area contributed by atoms with Gasteiger partial charge in [-0.1, -0.05) is 41.9 Å². The lowest BCUT2D eigenvalue weighted by molar-refractivity contribution is 0.593. The third kappa shape index (κ3) is 4.08. The van der Waals surface area contributed by atoms with Crippen molar-refractivity contribution in [3.8, 4) is 0 Å². The minimum atomic E-state index is -3.21. The lowest BCUT2D eigenvalue weighted by Crippen LogP contribution is -2.07. The smallest absolute Gasteiger partial charge is 0.178 e. The quantitative estimate of drug-likeness (QED) is 0.842. The molecule has 4 heteroatoms. The van der Waals surface area contributed by atoms with Crippen LogP contribution in [-0.4, -0.2) is 14.2 Å². The van der Waals surface area contributed by atoms with Gasteiger partial charge in [0.15, 0.2) is 9.84 Å². The molecule has 0 saturated carbocycles. The van der Waals surface area contributed by atoms with Crippen LogP contribution in [-0.2, 0) is 16.3 Å². The van der Waals surface area contributed by atoms with E-state index in [0.29, 0.717) is 16.3 Å². The molecule has 0 bridgehead atoms. The number of hydrogen-bond acceptors (Lipinski definition) is 2. The van der Waals surface area contributed by atoms with Crippen molar-refractivity contribution in [2.75, 3.05) is 5.75 Å². The van der Waals surface area contributed by atoms with Crippen LogP contribution in [0.1, 0.15) is 12.0 Å². The molecule has 0 N–H and O–H groups in total. The molecule has 100 valence electrons. The van der Waals surface area contributed by atoms with E-state index in [9.17, 15) is 8.42 Å². The normalized spacial score (nSPS) is 11.4. The average Bonchev–Trinajstić information content (AvgIpc) is 2.40. The first-order chi connectivity index (χ1) is 9.08. The van der Waals surface area contributed by atoms with Gasteiger partial charge in [-0.15, -0.1) is 0 Å². The molecule has 0 atom stereocenters.